The van der Waals surface area contributed by atoms with E-state index in [1.54, 1.807) is 12.3 Å². The van der Waals surface area contributed by atoms with E-state index < -0.39 is 0 Å². The van der Waals surface area contributed by atoms with E-state index >= 15 is 0 Å². The second-order valence-corrected chi connectivity index (χ2v) is 6.14. The molecule has 1 saturated carbocycles. The van der Waals surface area contributed by atoms with Crippen LogP contribution in [0.5, 0.6) is 17.5 Å². The average molecular weight is 375 g/mol. The molecule has 0 unspecified atom stereocenters. The van der Waals surface area contributed by atoms with Gasteiger partial charge in [0.05, 0.1) is 6.61 Å². The quantitative estimate of drug-likeness (QED) is 0.699. The minimum Gasteiger partial charge on any atom is -0.493 e. The number of benzene rings is 1. The SMILES string of the molecule is Cl.Oc1cc(-c2ccc(O[C@H]3C[C@@H](COc4ccccc4)C3)nc2)on1. The minimum absolute atomic E-state index is 0. The van der Waals surface area contributed by atoms with Gasteiger partial charge in [-0.15, -0.1) is 12.4 Å². The zero-order valence-corrected chi connectivity index (χ0v) is 14.8. The fraction of sp³-hybridized carbons (Fsp3) is 0.263. The summed E-state index contributed by atoms with van der Waals surface area (Å²) in [5.41, 5.74) is 0.739. The topological polar surface area (TPSA) is 77.6 Å². The summed E-state index contributed by atoms with van der Waals surface area (Å²) in [4.78, 5) is 4.28. The molecule has 136 valence electrons. The number of pyridine rings is 1. The smallest absolute Gasteiger partial charge is 0.252 e. The lowest BCUT2D eigenvalue weighted by Gasteiger charge is -2.34. The van der Waals surface area contributed by atoms with E-state index in [0.29, 0.717) is 24.2 Å². The van der Waals surface area contributed by atoms with Crippen LogP contribution in [0.25, 0.3) is 11.3 Å². The first-order chi connectivity index (χ1) is 12.3. The molecule has 0 spiro atoms. The molecule has 1 aliphatic carbocycles. The summed E-state index contributed by atoms with van der Waals surface area (Å²) < 4.78 is 16.6. The van der Waals surface area contributed by atoms with Crippen LogP contribution in [0.1, 0.15) is 12.8 Å². The molecule has 0 radical (unpaired) electrons. The van der Waals surface area contributed by atoms with E-state index in [9.17, 15) is 5.11 Å². The van der Waals surface area contributed by atoms with Gasteiger partial charge in [-0.25, -0.2) is 4.98 Å². The van der Waals surface area contributed by atoms with Crippen LogP contribution < -0.4 is 9.47 Å². The average Bonchev–Trinajstić information content (AvgIpc) is 3.05. The lowest BCUT2D eigenvalue weighted by Crippen LogP contribution is -2.37. The maximum atomic E-state index is 9.21. The number of para-hydroxylation sites is 1. The summed E-state index contributed by atoms with van der Waals surface area (Å²) in [6, 6.07) is 14.9. The summed E-state index contributed by atoms with van der Waals surface area (Å²) in [6.07, 6.45) is 3.75. The number of rotatable bonds is 6. The molecule has 1 aliphatic rings. The van der Waals surface area contributed by atoms with Crippen molar-refractivity contribution in [1.82, 2.24) is 10.1 Å². The van der Waals surface area contributed by atoms with Crippen LogP contribution in [0.3, 0.4) is 0 Å². The van der Waals surface area contributed by atoms with Crippen molar-refractivity contribution in [2.75, 3.05) is 6.61 Å². The number of nitrogens with zero attached hydrogens (tertiary/aromatic N) is 2. The van der Waals surface area contributed by atoms with Gasteiger partial charge in [-0.3, -0.25) is 0 Å². The maximum absolute atomic E-state index is 9.21. The number of hydrogen-bond acceptors (Lipinski definition) is 6. The molecule has 4 rings (SSSR count). The van der Waals surface area contributed by atoms with Crippen LogP contribution in [0.4, 0.5) is 0 Å². The van der Waals surface area contributed by atoms with Gasteiger partial charge in [0.25, 0.3) is 5.88 Å². The molecule has 1 aromatic carbocycles. The molecule has 0 bridgehead atoms. The van der Waals surface area contributed by atoms with Gasteiger partial charge in [0, 0.05) is 23.9 Å². The summed E-state index contributed by atoms with van der Waals surface area (Å²) in [5, 5.41) is 12.7. The van der Waals surface area contributed by atoms with Gasteiger partial charge in [-0.1, -0.05) is 18.2 Å². The molecule has 6 nitrogen and oxygen atoms in total. The lowest BCUT2D eigenvalue weighted by atomic mass is 9.83. The number of hydrogen-bond donors (Lipinski definition) is 1. The summed E-state index contributed by atoms with van der Waals surface area (Å²) >= 11 is 0. The van der Waals surface area contributed by atoms with Gasteiger partial charge in [0.2, 0.25) is 5.88 Å². The third kappa shape index (κ3) is 4.26. The van der Waals surface area contributed by atoms with Crippen LogP contribution >= 0.6 is 12.4 Å². The summed E-state index contributed by atoms with van der Waals surface area (Å²) in [7, 11) is 0. The van der Waals surface area contributed by atoms with E-state index in [0.717, 1.165) is 24.2 Å². The molecule has 0 amide bonds. The Hall–Kier alpha value is -2.73. The Labute approximate surface area is 157 Å². The lowest BCUT2D eigenvalue weighted by molar-refractivity contribution is 0.0356. The highest BCUT2D eigenvalue weighted by Gasteiger charge is 2.31. The minimum atomic E-state index is -0.145. The second kappa shape index (κ2) is 8.10. The largest absolute Gasteiger partial charge is 0.493 e. The fourth-order valence-corrected chi connectivity index (χ4v) is 2.81. The Morgan fingerprint density at radius 2 is 1.92 bits per heavy atom. The standard InChI is InChI=1S/C19H18N2O4.ClH/c22-18-10-17(25-21-18)14-6-7-19(20-11-14)24-16-8-13(9-16)12-23-15-4-2-1-3-5-15;/h1-7,10-11,13,16H,8-9,12H2,(H,21,22);1H/t13-,16+;. The molecule has 0 atom stereocenters. The molecule has 1 N–H and O–H groups in total. The van der Waals surface area contributed by atoms with E-state index in [2.05, 4.69) is 10.1 Å². The highest BCUT2D eigenvalue weighted by atomic mass is 35.5. The normalized spacial score (nSPS) is 18.5. The highest BCUT2D eigenvalue weighted by molar-refractivity contribution is 5.85. The first-order valence-corrected chi connectivity index (χ1v) is 8.23. The Morgan fingerprint density at radius 3 is 2.58 bits per heavy atom. The van der Waals surface area contributed by atoms with Gasteiger partial charge >= 0.3 is 0 Å². The molecule has 7 heteroatoms. The predicted molar refractivity (Wildman–Crippen MR) is 97.7 cm³/mol. The molecular weight excluding hydrogens is 356 g/mol. The molecule has 26 heavy (non-hydrogen) atoms. The molecule has 2 heterocycles. The molecule has 1 fully saturated rings. The molecule has 0 aliphatic heterocycles. The van der Waals surface area contributed by atoms with E-state index in [1.807, 2.05) is 36.4 Å². The van der Waals surface area contributed by atoms with Crippen molar-refractivity contribution in [1.29, 1.82) is 0 Å². The Kier molecular flexibility index (Phi) is 5.63. The number of halogens is 1. The molecular formula is C19H19ClN2O4. The van der Waals surface area contributed by atoms with Crippen LogP contribution in [0.2, 0.25) is 0 Å². The van der Waals surface area contributed by atoms with Crippen molar-refractivity contribution in [2.24, 2.45) is 5.92 Å². The summed E-state index contributed by atoms with van der Waals surface area (Å²) in [5.74, 6) is 2.33. The van der Waals surface area contributed by atoms with Crippen LogP contribution in [-0.4, -0.2) is 28.0 Å². The monoisotopic (exact) mass is 374 g/mol. The molecule has 0 saturated heterocycles. The highest BCUT2D eigenvalue weighted by Crippen LogP contribution is 2.32. The Morgan fingerprint density at radius 1 is 1.12 bits per heavy atom. The van der Waals surface area contributed by atoms with Crippen molar-refractivity contribution < 1.29 is 19.1 Å². The van der Waals surface area contributed by atoms with Gasteiger partial charge < -0.3 is 19.1 Å². The van der Waals surface area contributed by atoms with Crippen LogP contribution in [0, 0.1) is 5.92 Å². The first kappa shape index (κ1) is 18.1. The van der Waals surface area contributed by atoms with E-state index in [-0.39, 0.29) is 24.4 Å². The van der Waals surface area contributed by atoms with Crippen molar-refractivity contribution in [3.8, 4) is 28.8 Å². The van der Waals surface area contributed by atoms with Crippen molar-refractivity contribution in [2.45, 2.75) is 18.9 Å². The maximum Gasteiger partial charge on any atom is 0.252 e. The van der Waals surface area contributed by atoms with Crippen LogP contribution in [-0.2, 0) is 0 Å². The van der Waals surface area contributed by atoms with Gasteiger partial charge in [0.1, 0.15) is 11.9 Å². The zero-order chi connectivity index (χ0) is 17.1. The van der Waals surface area contributed by atoms with Crippen molar-refractivity contribution in [3.63, 3.8) is 0 Å². The third-order valence-corrected chi connectivity index (χ3v) is 4.23. The predicted octanol–water partition coefficient (Wildman–Crippen LogP) is 4.10. The first-order valence-electron chi connectivity index (χ1n) is 8.23. The van der Waals surface area contributed by atoms with Gasteiger partial charge in [-0.2, -0.15) is 0 Å². The van der Waals surface area contributed by atoms with E-state index in [4.69, 9.17) is 14.0 Å². The van der Waals surface area contributed by atoms with Crippen molar-refractivity contribution in [3.05, 3.63) is 54.7 Å². The van der Waals surface area contributed by atoms with Gasteiger partial charge in [0.15, 0.2) is 5.76 Å². The Balaban J connectivity index is 0.00000196. The van der Waals surface area contributed by atoms with Crippen molar-refractivity contribution >= 4 is 12.4 Å². The van der Waals surface area contributed by atoms with Crippen LogP contribution in [0.15, 0.2) is 59.3 Å². The van der Waals surface area contributed by atoms with Gasteiger partial charge in [-0.05, 0) is 42.1 Å². The second-order valence-electron chi connectivity index (χ2n) is 6.14. The zero-order valence-electron chi connectivity index (χ0n) is 13.9. The Bertz CT molecular complexity index is 817. The van der Waals surface area contributed by atoms with E-state index in [1.165, 1.54) is 6.07 Å². The number of ether oxygens (including phenoxy) is 2. The fourth-order valence-electron chi connectivity index (χ4n) is 2.81. The number of aromatic nitrogens is 2. The molecule has 2 aromatic heterocycles. The third-order valence-electron chi connectivity index (χ3n) is 4.23. The molecule has 3 aromatic rings. The number of aromatic hydroxyl groups is 1. The summed E-state index contributed by atoms with van der Waals surface area (Å²) in [6.45, 7) is 0.714.